The monoisotopic (exact) mass is 357 g/mol. The zero-order valence-electron chi connectivity index (χ0n) is 12.4. The molecule has 1 heterocycles. The number of rotatable bonds is 3. The van der Waals surface area contributed by atoms with E-state index in [0.717, 1.165) is 18.2 Å². The van der Waals surface area contributed by atoms with Crippen LogP contribution in [0.2, 0.25) is 0 Å². The second kappa shape index (κ2) is 6.10. The summed E-state index contributed by atoms with van der Waals surface area (Å²) in [6.45, 7) is 0.283. The SMILES string of the molecule is O=S(=O)(NC1CCOc2ccccc21)c1ccccc1C(F)(F)F. The van der Waals surface area contributed by atoms with Gasteiger partial charge in [0.15, 0.2) is 0 Å². The van der Waals surface area contributed by atoms with Crippen molar-refractivity contribution in [2.75, 3.05) is 6.61 Å². The number of halogens is 3. The van der Waals surface area contributed by atoms with Gasteiger partial charge in [0, 0.05) is 12.0 Å². The van der Waals surface area contributed by atoms with E-state index >= 15 is 0 Å². The first-order valence-electron chi connectivity index (χ1n) is 7.19. The first-order valence-corrected chi connectivity index (χ1v) is 8.67. The highest BCUT2D eigenvalue weighted by Crippen LogP contribution is 2.36. The van der Waals surface area contributed by atoms with E-state index in [0.29, 0.717) is 17.7 Å². The summed E-state index contributed by atoms with van der Waals surface area (Å²) in [5.74, 6) is 0.528. The second-order valence-corrected chi connectivity index (χ2v) is 7.03. The fraction of sp³-hybridized carbons (Fsp3) is 0.250. The largest absolute Gasteiger partial charge is 0.493 e. The Bertz CT molecular complexity index is 850. The molecule has 1 atom stereocenters. The first kappa shape index (κ1) is 16.8. The normalized spacial score (nSPS) is 17.9. The van der Waals surface area contributed by atoms with Gasteiger partial charge in [-0.15, -0.1) is 0 Å². The Labute approximate surface area is 137 Å². The molecule has 0 bridgehead atoms. The van der Waals surface area contributed by atoms with Crippen molar-refractivity contribution in [2.45, 2.75) is 23.5 Å². The lowest BCUT2D eigenvalue weighted by Crippen LogP contribution is -2.33. The lowest BCUT2D eigenvalue weighted by atomic mass is 10.0. The zero-order chi connectivity index (χ0) is 17.4. The van der Waals surface area contributed by atoms with Crippen LogP contribution in [-0.2, 0) is 16.2 Å². The molecule has 8 heteroatoms. The minimum Gasteiger partial charge on any atom is -0.493 e. The smallest absolute Gasteiger partial charge is 0.417 e. The fourth-order valence-corrected chi connectivity index (χ4v) is 4.13. The third-order valence-electron chi connectivity index (χ3n) is 3.74. The van der Waals surface area contributed by atoms with E-state index in [-0.39, 0.29) is 6.61 Å². The number of ether oxygens (including phenoxy) is 1. The number of sulfonamides is 1. The third kappa shape index (κ3) is 3.25. The molecule has 4 nitrogen and oxygen atoms in total. The van der Waals surface area contributed by atoms with Crippen molar-refractivity contribution in [1.29, 1.82) is 0 Å². The van der Waals surface area contributed by atoms with Gasteiger partial charge < -0.3 is 4.74 Å². The van der Waals surface area contributed by atoms with Crippen LogP contribution < -0.4 is 9.46 Å². The lowest BCUT2D eigenvalue weighted by molar-refractivity contribution is -0.139. The van der Waals surface area contributed by atoms with E-state index in [1.165, 1.54) is 6.07 Å². The van der Waals surface area contributed by atoms with Crippen LogP contribution in [0.25, 0.3) is 0 Å². The molecule has 3 rings (SSSR count). The van der Waals surface area contributed by atoms with Gasteiger partial charge >= 0.3 is 6.18 Å². The average molecular weight is 357 g/mol. The van der Waals surface area contributed by atoms with Gasteiger partial charge in [0.25, 0.3) is 0 Å². The van der Waals surface area contributed by atoms with Crippen molar-refractivity contribution in [3.63, 3.8) is 0 Å². The Morgan fingerprint density at radius 3 is 2.46 bits per heavy atom. The second-order valence-electron chi connectivity index (χ2n) is 5.34. The van der Waals surface area contributed by atoms with Gasteiger partial charge in [-0.1, -0.05) is 30.3 Å². The maximum Gasteiger partial charge on any atom is 0.417 e. The molecule has 2 aromatic rings. The molecule has 1 aliphatic rings. The van der Waals surface area contributed by atoms with Crippen LogP contribution in [0, 0.1) is 0 Å². The van der Waals surface area contributed by atoms with Gasteiger partial charge in [0.1, 0.15) is 5.75 Å². The van der Waals surface area contributed by atoms with Gasteiger partial charge in [-0.25, -0.2) is 13.1 Å². The molecule has 128 valence electrons. The van der Waals surface area contributed by atoms with E-state index in [1.54, 1.807) is 24.3 Å². The predicted octanol–water partition coefficient (Wildman–Crippen LogP) is 3.51. The summed E-state index contributed by atoms with van der Waals surface area (Å²) >= 11 is 0. The third-order valence-corrected chi connectivity index (χ3v) is 5.27. The van der Waals surface area contributed by atoms with Crippen molar-refractivity contribution in [1.82, 2.24) is 4.72 Å². The number of benzene rings is 2. The number of hydrogen-bond donors (Lipinski definition) is 1. The Morgan fingerprint density at radius 2 is 1.71 bits per heavy atom. The molecule has 0 spiro atoms. The van der Waals surface area contributed by atoms with Gasteiger partial charge in [0.2, 0.25) is 10.0 Å². The molecule has 24 heavy (non-hydrogen) atoms. The highest BCUT2D eigenvalue weighted by Gasteiger charge is 2.38. The van der Waals surface area contributed by atoms with Crippen molar-refractivity contribution >= 4 is 10.0 Å². The number of fused-ring (bicyclic) bond motifs is 1. The van der Waals surface area contributed by atoms with E-state index in [4.69, 9.17) is 4.74 Å². The summed E-state index contributed by atoms with van der Waals surface area (Å²) in [6, 6.07) is 10.3. The fourth-order valence-electron chi connectivity index (χ4n) is 2.65. The van der Waals surface area contributed by atoms with Crippen LogP contribution in [-0.4, -0.2) is 15.0 Å². The van der Waals surface area contributed by atoms with E-state index in [1.807, 2.05) is 0 Å². The molecule has 0 fully saturated rings. The van der Waals surface area contributed by atoms with Crippen LogP contribution in [0.15, 0.2) is 53.4 Å². The van der Waals surface area contributed by atoms with Crippen LogP contribution in [0.5, 0.6) is 5.75 Å². The molecule has 1 N–H and O–H groups in total. The van der Waals surface area contributed by atoms with Gasteiger partial charge in [-0.05, 0) is 18.2 Å². The topological polar surface area (TPSA) is 55.4 Å². The van der Waals surface area contributed by atoms with Gasteiger partial charge in [-0.2, -0.15) is 13.2 Å². The number of nitrogens with one attached hydrogen (secondary N) is 1. The van der Waals surface area contributed by atoms with E-state index < -0.39 is 32.7 Å². The molecule has 0 aliphatic carbocycles. The van der Waals surface area contributed by atoms with Crippen LogP contribution >= 0.6 is 0 Å². The Morgan fingerprint density at radius 1 is 1.04 bits per heavy atom. The van der Waals surface area contributed by atoms with Crippen molar-refractivity contribution in [3.8, 4) is 5.75 Å². The number of alkyl halides is 3. The van der Waals surface area contributed by atoms with Gasteiger partial charge in [-0.3, -0.25) is 0 Å². The Kier molecular flexibility index (Phi) is 4.27. The van der Waals surface area contributed by atoms with E-state index in [9.17, 15) is 21.6 Å². The minimum atomic E-state index is -4.75. The van der Waals surface area contributed by atoms with Crippen molar-refractivity contribution in [3.05, 3.63) is 59.7 Å². The lowest BCUT2D eigenvalue weighted by Gasteiger charge is -2.26. The summed E-state index contributed by atoms with van der Waals surface area (Å²) in [5, 5.41) is 0. The summed E-state index contributed by atoms with van der Waals surface area (Å²) < 4.78 is 72.1. The molecule has 0 saturated carbocycles. The van der Waals surface area contributed by atoms with Crippen LogP contribution in [0.1, 0.15) is 23.6 Å². The van der Waals surface area contributed by atoms with E-state index in [2.05, 4.69) is 4.72 Å². The zero-order valence-corrected chi connectivity index (χ0v) is 13.2. The molecule has 1 aliphatic heterocycles. The standard InChI is InChI=1S/C16H14F3NO3S/c17-16(18,19)12-6-2-4-8-15(12)24(21,22)20-13-9-10-23-14-7-3-1-5-11(13)14/h1-8,13,20H,9-10H2. The maximum absolute atomic E-state index is 13.1. The quantitative estimate of drug-likeness (QED) is 0.915. The predicted molar refractivity (Wildman–Crippen MR) is 81.1 cm³/mol. The van der Waals surface area contributed by atoms with Crippen molar-refractivity contribution < 1.29 is 26.3 Å². The highest BCUT2D eigenvalue weighted by atomic mass is 32.2. The molecular formula is C16H14F3NO3S. The first-order chi connectivity index (χ1) is 11.3. The highest BCUT2D eigenvalue weighted by molar-refractivity contribution is 7.89. The molecule has 0 radical (unpaired) electrons. The Balaban J connectivity index is 1.97. The Hall–Kier alpha value is -2.06. The molecule has 0 amide bonds. The molecular weight excluding hydrogens is 343 g/mol. The average Bonchev–Trinajstić information content (AvgIpc) is 2.54. The van der Waals surface area contributed by atoms with Crippen LogP contribution in [0.3, 0.4) is 0 Å². The summed E-state index contributed by atoms with van der Waals surface area (Å²) in [5.41, 5.74) is -0.574. The number of para-hydroxylation sites is 1. The summed E-state index contributed by atoms with van der Waals surface area (Å²) in [4.78, 5) is -0.776. The molecule has 0 saturated heterocycles. The number of hydrogen-bond acceptors (Lipinski definition) is 3. The van der Waals surface area contributed by atoms with Crippen LogP contribution in [0.4, 0.5) is 13.2 Å². The van der Waals surface area contributed by atoms with Gasteiger partial charge in [0.05, 0.1) is 23.1 Å². The minimum absolute atomic E-state index is 0.283. The van der Waals surface area contributed by atoms with Crippen molar-refractivity contribution in [2.24, 2.45) is 0 Å². The summed E-state index contributed by atoms with van der Waals surface area (Å²) in [6.07, 6.45) is -4.41. The molecule has 1 unspecified atom stereocenters. The molecule has 2 aromatic carbocycles. The molecule has 0 aromatic heterocycles. The maximum atomic E-state index is 13.1. The summed E-state index contributed by atoms with van der Waals surface area (Å²) in [7, 11) is -4.34.